The molecule has 0 aliphatic rings. The van der Waals surface area contributed by atoms with Crippen molar-refractivity contribution in [1.29, 1.82) is 0 Å². The molecule has 0 atom stereocenters. The van der Waals surface area contributed by atoms with E-state index in [0.717, 1.165) is 24.3 Å². The highest BCUT2D eigenvalue weighted by molar-refractivity contribution is 7.92. The van der Waals surface area contributed by atoms with E-state index in [9.17, 15) is 17.6 Å². The van der Waals surface area contributed by atoms with Crippen molar-refractivity contribution in [2.24, 2.45) is 0 Å². The molecule has 0 amide bonds. The first-order chi connectivity index (χ1) is 11.9. The lowest BCUT2D eigenvalue weighted by Gasteiger charge is -2.14. The molecule has 1 aromatic heterocycles. The number of hydrogen-bond acceptors (Lipinski definition) is 5. The van der Waals surface area contributed by atoms with Crippen molar-refractivity contribution >= 4 is 32.4 Å². The highest BCUT2D eigenvalue weighted by Crippen LogP contribution is 2.29. The van der Waals surface area contributed by atoms with Gasteiger partial charge in [-0.1, -0.05) is 12.1 Å². The summed E-state index contributed by atoms with van der Waals surface area (Å²) in [6, 6.07) is 11.1. The second-order valence-corrected chi connectivity index (χ2v) is 6.91. The fourth-order valence-corrected chi connectivity index (χ4v) is 3.48. The summed E-state index contributed by atoms with van der Waals surface area (Å²) < 4.78 is 45.5. The Bertz CT molecular complexity index is 1080. The number of rotatable bonds is 5. The Kier molecular flexibility index (Phi) is 4.45. The van der Waals surface area contributed by atoms with Crippen LogP contribution in [0.5, 0.6) is 0 Å². The van der Waals surface area contributed by atoms with Crippen LogP contribution in [0.25, 0.3) is 11.0 Å². The van der Waals surface area contributed by atoms with E-state index in [1.165, 1.54) is 0 Å². The molecule has 0 saturated heterocycles. The quantitative estimate of drug-likeness (QED) is 0.681. The Balaban J connectivity index is 2.15. The number of para-hydroxylation sites is 1. The van der Waals surface area contributed by atoms with Crippen LogP contribution < -0.4 is 15.7 Å². The fourth-order valence-electron chi connectivity index (χ4n) is 2.41. The lowest BCUT2D eigenvalue weighted by Crippen LogP contribution is -2.20. The van der Waals surface area contributed by atoms with E-state index in [-0.39, 0.29) is 10.6 Å². The van der Waals surface area contributed by atoms with Gasteiger partial charge in [0.1, 0.15) is 11.4 Å². The lowest BCUT2D eigenvalue weighted by atomic mass is 10.2. The standard InChI is InChI=1S/C17H15FN2O4S/c1-2-19-15-13-5-3-4-6-14(13)24-17(21)16(15)20-25(22,23)12-9-7-11(18)8-10-12/h3-10,19-20H,2H2,1H3. The number of fused-ring (bicyclic) bond motifs is 1. The zero-order chi connectivity index (χ0) is 18.0. The molecule has 0 saturated carbocycles. The van der Waals surface area contributed by atoms with E-state index in [1.54, 1.807) is 24.3 Å². The summed E-state index contributed by atoms with van der Waals surface area (Å²) in [5.41, 5.74) is -0.363. The van der Waals surface area contributed by atoms with Crippen LogP contribution in [-0.4, -0.2) is 15.0 Å². The van der Waals surface area contributed by atoms with Gasteiger partial charge < -0.3 is 9.73 Å². The van der Waals surface area contributed by atoms with Crippen LogP contribution in [0, 0.1) is 5.82 Å². The number of halogens is 1. The van der Waals surface area contributed by atoms with Gasteiger partial charge >= 0.3 is 5.63 Å². The van der Waals surface area contributed by atoms with E-state index >= 15 is 0 Å². The van der Waals surface area contributed by atoms with Gasteiger partial charge in [-0.3, -0.25) is 4.72 Å². The zero-order valence-corrected chi connectivity index (χ0v) is 14.1. The van der Waals surface area contributed by atoms with Gasteiger partial charge in [-0.25, -0.2) is 17.6 Å². The average molecular weight is 362 g/mol. The van der Waals surface area contributed by atoms with Gasteiger partial charge in [-0.2, -0.15) is 0 Å². The summed E-state index contributed by atoms with van der Waals surface area (Å²) in [4.78, 5) is 12.1. The normalized spacial score (nSPS) is 11.4. The zero-order valence-electron chi connectivity index (χ0n) is 13.2. The average Bonchev–Trinajstić information content (AvgIpc) is 2.58. The number of hydrogen-bond donors (Lipinski definition) is 2. The van der Waals surface area contributed by atoms with Crippen molar-refractivity contribution < 1.29 is 17.2 Å². The van der Waals surface area contributed by atoms with E-state index in [1.807, 2.05) is 6.92 Å². The van der Waals surface area contributed by atoms with E-state index in [4.69, 9.17) is 4.42 Å². The maximum absolute atomic E-state index is 13.0. The molecule has 6 nitrogen and oxygen atoms in total. The Morgan fingerprint density at radius 1 is 1.04 bits per heavy atom. The molecule has 0 radical (unpaired) electrons. The number of anilines is 2. The van der Waals surface area contributed by atoms with Gasteiger partial charge in [-0.05, 0) is 43.3 Å². The predicted molar refractivity (Wildman–Crippen MR) is 93.9 cm³/mol. The van der Waals surface area contributed by atoms with E-state index < -0.39 is 21.5 Å². The first-order valence-electron chi connectivity index (χ1n) is 7.50. The topological polar surface area (TPSA) is 88.4 Å². The summed E-state index contributed by atoms with van der Waals surface area (Å²) in [7, 11) is -4.08. The summed E-state index contributed by atoms with van der Waals surface area (Å²) in [5.74, 6) is -0.558. The number of nitrogens with one attached hydrogen (secondary N) is 2. The third-order valence-corrected chi connectivity index (χ3v) is 4.89. The second-order valence-electron chi connectivity index (χ2n) is 5.23. The Morgan fingerprint density at radius 2 is 1.72 bits per heavy atom. The van der Waals surface area contributed by atoms with Gasteiger partial charge in [-0.15, -0.1) is 0 Å². The summed E-state index contributed by atoms with van der Waals surface area (Å²) >= 11 is 0. The predicted octanol–water partition coefficient (Wildman–Crippen LogP) is 3.16. The van der Waals surface area contributed by atoms with Crippen molar-refractivity contribution in [3.05, 3.63) is 64.8 Å². The molecule has 8 heteroatoms. The summed E-state index contributed by atoms with van der Waals surface area (Å²) in [6.45, 7) is 2.29. The van der Waals surface area contributed by atoms with E-state index in [2.05, 4.69) is 10.0 Å². The van der Waals surface area contributed by atoms with Gasteiger partial charge in [0.15, 0.2) is 5.69 Å². The molecule has 0 spiro atoms. The third-order valence-electron chi connectivity index (χ3n) is 3.53. The molecule has 3 rings (SSSR count). The largest absolute Gasteiger partial charge is 0.421 e. The Morgan fingerprint density at radius 3 is 2.40 bits per heavy atom. The van der Waals surface area contributed by atoms with Crippen LogP contribution in [-0.2, 0) is 10.0 Å². The fraction of sp³-hybridized carbons (Fsp3) is 0.118. The third kappa shape index (κ3) is 3.34. The highest BCUT2D eigenvalue weighted by atomic mass is 32.2. The van der Waals surface area contributed by atoms with Crippen molar-refractivity contribution in [2.75, 3.05) is 16.6 Å². The molecule has 130 valence electrons. The molecule has 0 bridgehead atoms. The molecule has 2 N–H and O–H groups in total. The van der Waals surface area contributed by atoms with Crippen molar-refractivity contribution in [2.45, 2.75) is 11.8 Å². The van der Waals surface area contributed by atoms with Crippen LogP contribution in [0.4, 0.5) is 15.8 Å². The lowest BCUT2D eigenvalue weighted by molar-refractivity contribution is 0.563. The van der Waals surface area contributed by atoms with Crippen LogP contribution in [0.2, 0.25) is 0 Å². The van der Waals surface area contributed by atoms with Crippen molar-refractivity contribution in [3.8, 4) is 0 Å². The number of benzene rings is 2. The van der Waals surface area contributed by atoms with Crippen LogP contribution in [0.1, 0.15) is 6.92 Å². The molecule has 0 unspecified atom stereocenters. The molecule has 1 heterocycles. The van der Waals surface area contributed by atoms with Crippen molar-refractivity contribution in [3.63, 3.8) is 0 Å². The van der Waals surface area contributed by atoms with Gasteiger partial charge in [0.25, 0.3) is 10.0 Å². The van der Waals surface area contributed by atoms with Gasteiger partial charge in [0.2, 0.25) is 0 Å². The van der Waals surface area contributed by atoms with Crippen LogP contribution >= 0.6 is 0 Å². The van der Waals surface area contributed by atoms with Gasteiger partial charge in [0.05, 0.1) is 10.6 Å². The first-order valence-corrected chi connectivity index (χ1v) is 8.99. The van der Waals surface area contributed by atoms with Crippen LogP contribution in [0.3, 0.4) is 0 Å². The molecule has 0 aliphatic carbocycles. The molecular weight excluding hydrogens is 347 g/mol. The van der Waals surface area contributed by atoms with Crippen LogP contribution in [0.15, 0.2) is 62.6 Å². The van der Waals surface area contributed by atoms with Crippen molar-refractivity contribution in [1.82, 2.24) is 0 Å². The molecule has 0 fully saturated rings. The minimum absolute atomic E-state index is 0.163. The minimum atomic E-state index is -4.08. The smallest absolute Gasteiger partial charge is 0.363 e. The summed E-state index contributed by atoms with van der Waals surface area (Å²) in [6.07, 6.45) is 0. The molecule has 3 aromatic rings. The molecule has 0 aliphatic heterocycles. The maximum atomic E-state index is 13.0. The second kappa shape index (κ2) is 6.56. The molecule has 25 heavy (non-hydrogen) atoms. The minimum Gasteiger partial charge on any atom is -0.421 e. The molecular formula is C17H15FN2O4S. The highest BCUT2D eigenvalue weighted by Gasteiger charge is 2.21. The first kappa shape index (κ1) is 17.0. The Labute approximate surface area is 143 Å². The van der Waals surface area contributed by atoms with E-state index in [0.29, 0.717) is 23.2 Å². The van der Waals surface area contributed by atoms with Gasteiger partial charge in [0, 0.05) is 11.9 Å². The Hall–Kier alpha value is -2.87. The SMILES string of the molecule is CCNc1c(NS(=O)(=O)c2ccc(F)cc2)c(=O)oc2ccccc12. The monoisotopic (exact) mass is 362 g/mol. The maximum Gasteiger partial charge on any atom is 0.363 e. The number of sulfonamides is 1. The summed E-state index contributed by atoms with van der Waals surface area (Å²) in [5, 5.41) is 3.57. The molecule has 2 aromatic carbocycles.